The third kappa shape index (κ3) is 3.95. The molecule has 0 radical (unpaired) electrons. The minimum absolute atomic E-state index is 0.0379. The Balaban J connectivity index is 1.29. The number of likely N-dealkylation sites (tertiary alicyclic amines) is 1. The number of hydrogen-bond acceptors (Lipinski definition) is 8. The van der Waals surface area contributed by atoms with E-state index in [1.807, 2.05) is 12.1 Å². The standard InChI is InChI=1S/C25H25N3O6S3/c29-15(30)4-2-1-3-9-27-23(31)18-13-10-14(19(18)24(27)32)20-17(13)16(21-22(36-20)26-25(35)37-21)11-5-7-12(8-6-11)28(33)34/h5-8,13-14,16-20H,1-4,9-10H2,(H,26,35)(H,29,30). The summed E-state index contributed by atoms with van der Waals surface area (Å²) in [5, 5.41) is 21.2. The van der Waals surface area contributed by atoms with Crippen molar-refractivity contribution in [3.8, 4) is 0 Å². The molecule has 0 spiro atoms. The number of nitro groups is 1. The summed E-state index contributed by atoms with van der Waals surface area (Å²) in [6, 6.07) is 6.70. The summed E-state index contributed by atoms with van der Waals surface area (Å²) in [6.07, 6.45) is 2.73. The van der Waals surface area contributed by atoms with Crippen molar-refractivity contribution in [2.45, 2.75) is 48.3 Å². The number of benzene rings is 1. The molecular weight excluding hydrogens is 534 g/mol. The SMILES string of the molecule is O=C(O)CCCCCN1C(=O)C2C3CC(C2C1=O)C1C(c2ccc([N+](=O)[O-])cc2)c2sc(=S)[nH]c2SC31. The number of thioether (sulfide) groups is 1. The van der Waals surface area contributed by atoms with E-state index < -0.39 is 10.9 Å². The fourth-order valence-corrected chi connectivity index (χ4v) is 10.5. The first kappa shape index (κ1) is 24.7. The van der Waals surface area contributed by atoms with Crippen LogP contribution in [0.2, 0.25) is 0 Å². The molecule has 2 amide bonds. The number of nitrogens with one attached hydrogen (secondary N) is 1. The number of H-pyrrole nitrogens is 1. The Hall–Kier alpha value is -2.57. The number of hydrogen-bond donors (Lipinski definition) is 2. The molecule has 2 aliphatic carbocycles. The van der Waals surface area contributed by atoms with E-state index in [0.29, 0.717) is 29.8 Å². The molecule has 37 heavy (non-hydrogen) atoms. The number of nitro benzene ring substituents is 1. The van der Waals surface area contributed by atoms with Crippen LogP contribution in [0.4, 0.5) is 5.69 Å². The number of thiazole rings is 1. The summed E-state index contributed by atoms with van der Waals surface area (Å²) < 4.78 is 0.679. The number of rotatable bonds is 8. The van der Waals surface area contributed by atoms with E-state index in [0.717, 1.165) is 21.9 Å². The van der Waals surface area contributed by atoms with Gasteiger partial charge in [-0.2, -0.15) is 0 Å². The molecule has 1 aromatic heterocycles. The number of carbonyl (C=O) groups excluding carboxylic acids is 2. The minimum Gasteiger partial charge on any atom is -0.481 e. The van der Waals surface area contributed by atoms with Gasteiger partial charge in [-0.1, -0.05) is 18.6 Å². The molecule has 4 aliphatic rings. The molecule has 1 saturated heterocycles. The van der Waals surface area contributed by atoms with Crippen LogP contribution in [0.25, 0.3) is 0 Å². The summed E-state index contributed by atoms with van der Waals surface area (Å²) in [5.74, 6) is -1.37. The van der Waals surface area contributed by atoms with Gasteiger partial charge in [0.05, 0.1) is 21.8 Å². The van der Waals surface area contributed by atoms with Crippen molar-refractivity contribution in [1.29, 1.82) is 0 Å². The zero-order valence-electron chi connectivity index (χ0n) is 19.7. The maximum atomic E-state index is 13.6. The van der Waals surface area contributed by atoms with E-state index in [2.05, 4.69) is 4.98 Å². The van der Waals surface area contributed by atoms with Crippen LogP contribution in [-0.4, -0.2) is 49.5 Å². The number of aromatic nitrogens is 1. The van der Waals surface area contributed by atoms with Gasteiger partial charge in [0.25, 0.3) is 5.69 Å². The molecule has 2 N–H and O–H groups in total. The lowest BCUT2D eigenvalue weighted by Gasteiger charge is -2.43. The van der Waals surface area contributed by atoms with Crippen molar-refractivity contribution in [1.82, 2.24) is 9.88 Å². The third-order valence-electron chi connectivity index (χ3n) is 8.55. The number of imide groups is 1. The van der Waals surface area contributed by atoms with Crippen LogP contribution >= 0.6 is 35.3 Å². The van der Waals surface area contributed by atoms with Crippen molar-refractivity contribution in [2.24, 2.45) is 29.6 Å². The summed E-state index contributed by atoms with van der Waals surface area (Å²) in [6.45, 7) is 0.346. The highest BCUT2D eigenvalue weighted by Gasteiger charge is 2.69. The van der Waals surface area contributed by atoms with Gasteiger partial charge in [-0.05, 0) is 54.8 Å². The van der Waals surface area contributed by atoms with Crippen molar-refractivity contribution < 1.29 is 24.4 Å². The molecular formula is C25H25N3O6S3. The molecule has 194 valence electrons. The minimum atomic E-state index is -0.837. The summed E-state index contributed by atoms with van der Waals surface area (Å²) in [7, 11) is 0. The highest BCUT2D eigenvalue weighted by Crippen LogP contribution is 2.68. The average molecular weight is 560 g/mol. The third-order valence-corrected chi connectivity index (χ3v) is 11.5. The zero-order chi connectivity index (χ0) is 26.0. The van der Waals surface area contributed by atoms with Gasteiger partial charge < -0.3 is 10.1 Å². The normalized spacial score (nSPS) is 31.4. The molecule has 2 aliphatic heterocycles. The molecule has 1 aromatic carbocycles. The van der Waals surface area contributed by atoms with E-state index in [4.69, 9.17) is 17.3 Å². The first-order chi connectivity index (χ1) is 17.8. The monoisotopic (exact) mass is 559 g/mol. The Kier molecular flexibility index (Phi) is 6.23. The Morgan fingerprint density at radius 2 is 1.84 bits per heavy atom. The molecule has 6 rings (SSSR count). The van der Waals surface area contributed by atoms with Gasteiger partial charge in [0.15, 0.2) is 3.95 Å². The van der Waals surface area contributed by atoms with Crippen LogP contribution in [0.1, 0.15) is 48.5 Å². The molecule has 7 unspecified atom stereocenters. The number of amides is 2. The number of aliphatic carboxylic acids is 1. The van der Waals surface area contributed by atoms with Crippen LogP contribution in [0.3, 0.4) is 0 Å². The summed E-state index contributed by atoms with van der Waals surface area (Å²) >= 11 is 8.73. The number of carboxylic acids is 1. The van der Waals surface area contributed by atoms with E-state index in [1.54, 1.807) is 11.8 Å². The predicted octanol–water partition coefficient (Wildman–Crippen LogP) is 4.83. The second-order valence-corrected chi connectivity index (χ2v) is 13.2. The van der Waals surface area contributed by atoms with Gasteiger partial charge in [-0.3, -0.25) is 29.4 Å². The number of carboxylic acid groups (broad SMARTS) is 1. The maximum Gasteiger partial charge on any atom is 0.303 e. The fraction of sp³-hybridized carbons (Fsp3) is 0.520. The lowest BCUT2D eigenvalue weighted by Crippen LogP contribution is -2.42. The predicted molar refractivity (Wildman–Crippen MR) is 139 cm³/mol. The van der Waals surface area contributed by atoms with Gasteiger partial charge in [0.1, 0.15) is 0 Å². The fourth-order valence-electron chi connectivity index (χ4n) is 7.20. The topological polar surface area (TPSA) is 134 Å². The number of carbonyl (C=O) groups is 3. The summed E-state index contributed by atoms with van der Waals surface area (Å²) in [5.41, 5.74) is 1.01. The number of unbranched alkanes of at least 4 members (excludes halogenated alkanes) is 2. The number of fused-ring (bicyclic) bond motifs is 9. The quantitative estimate of drug-likeness (QED) is 0.154. The van der Waals surface area contributed by atoms with E-state index in [1.165, 1.54) is 28.4 Å². The lowest BCUT2D eigenvalue weighted by atomic mass is 9.68. The summed E-state index contributed by atoms with van der Waals surface area (Å²) in [4.78, 5) is 54.4. The van der Waals surface area contributed by atoms with Crippen LogP contribution < -0.4 is 0 Å². The van der Waals surface area contributed by atoms with Gasteiger partial charge in [0.2, 0.25) is 11.8 Å². The molecule has 3 heterocycles. The number of aromatic amines is 1. The van der Waals surface area contributed by atoms with Gasteiger partial charge in [0, 0.05) is 41.1 Å². The second-order valence-electron chi connectivity index (χ2n) is 10.3. The highest BCUT2D eigenvalue weighted by molar-refractivity contribution is 8.00. The van der Waals surface area contributed by atoms with E-state index in [9.17, 15) is 24.5 Å². The van der Waals surface area contributed by atoms with Crippen LogP contribution in [0.15, 0.2) is 29.3 Å². The molecule has 2 aromatic rings. The lowest BCUT2D eigenvalue weighted by molar-refractivity contribution is -0.384. The Morgan fingerprint density at radius 3 is 2.51 bits per heavy atom. The molecule has 2 bridgehead atoms. The Bertz CT molecular complexity index is 1350. The van der Waals surface area contributed by atoms with Crippen molar-refractivity contribution >= 4 is 58.8 Å². The maximum absolute atomic E-state index is 13.6. The molecule has 2 saturated carbocycles. The first-order valence-electron chi connectivity index (χ1n) is 12.5. The first-order valence-corrected chi connectivity index (χ1v) is 14.6. The van der Waals surface area contributed by atoms with Crippen molar-refractivity contribution in [3.05, 3.63) is 48.8 Å². The van der Waals surface area contributed by atoms with Crippen molar-refractivity contribution in [3.63, 3.8) is 0 Å². The van der Waals surface area contributed by atoms with Crippen LogP contribution in [0.5, 0.6) is 0 Å². The second kappa shape index (κ2) is 9.32. The number of non-ortho nitro benzene ring substituents is 1. The average Bonchev–Trinajstić information content (AvgIpc) is 3.58. The van der Waals surface area contributed by atoms with Gasteiger partial charge in [-0.15, -0.1) is 23.1 Å². The Labute approximate surface area is 225 Å². The van der Waals surface area contributed by atoms with Crippen molar-refractivity contribution in [2.75, 3.05) is 6.54 Å². The molecule has 7 atom stereocenters. The molecule has 12 heteroatoms. The Morgan fingerprint density at radius 1 is 1.14 bits per heavy atom. The van der Waals surface area contributed by atoms with Crippen LogP contribution in [-0.2, 0) is 14.4 Å². The van der Waals surface area contributed by atoms with E-state index in [-0.39, 0.29) is 64.7 Å². The largest absolute Gasteiger partial charge is 0.481 e. The van der Waals surface area contributed by atoms with Gasteiger partial charge >= 0.3 is 5.97 Å². The van der Waals surface area contributed by atoms with Crippen LogP contribution in [0, 0.1) is 43.7 Å². The molecule has 9 nitrogen and oxygen atoms in total. The number of nitrogens with zero attached hydrogens (tertiary/aromatic N) is 2. The molecule has 3 fully saturated rings. The zero-order valence-corrected chi connectivity index (χ0v) is 22.2. The highest BCUT2D eigenvalue weighted by atomic mass is 32.2. The smallest absolute Gasteiger partial charge is 0.303 e. The van der Waals surface area contributed by atoms with Gasteiger partial charge in [-0.25, -0.2) is 0 Å². The van der Waals surface area contributed by atoms with E-state index >= 15 is 0 Å².